The lowest BCUT2D eigenvalue weighted by atomic mass is 9.85. The third-order valence-electron chi connectivity index (χ3n) is 9.20. The lowest BCUT2D eigenvalue weighted by molar-refractivity contribution is -0.0592. The Kier molecular flexibility index (Phi) is 7.95. The number of aromatic nitrogens is 2. The highest BCUT2D eigenvalue weighted by atomic mass is 35.5. The molecule has 3 aromatic carbocycles. The Morgan fingerprint density at radius 3 is 2.75 bits per heavy atom. The number of piperidine rings is 1. The van der Waals surface area contributed by atoms with Crippen molar-refractivity contribution in [3.63, 3.8) is 0 Å². The molecular weight excluding hydrogens is 585 g/mol. The fraction of sp³-hybridized carbons (Fsp3) is 0.412. The van der Waals surface area contributed by atoms with E-state index in [2.05, 4.69) is 22.5 Å². The van der Waals surface area contributed by atoms with Crippen molar-refractivity contribution < 1.29 is 28.1 Å². The zero-order chi connectivity index (χ0) is 30.4. The van der Waals surface area contributed by atoms with Gasteiger partial charge in [0.05, 0.1) is 42.9 Å². The standard InChI is InChI=1S/C34H35ClFN3O5/c1-20-14-21(25-4-3-5-30-33(25)44-31(19-43-30)26-8-7-23(35)16-27(26)36)10-12-38(20)18-32-37-28-9-6-22(34(40)41-2)15-29(28)39(32)17-24-11-13-42-24/h3-9,15-16,20-21,24,31H,10-14,17-19H2,1-2H3/t20-,21?,24-,31-/m0/s1. The highest BCUT2D eigenvalue weighted by molar-refractivity contribution is 6.30. The van der Waals surface area contributed by atoms with Crippen LogP contribution >= 0.6 is 11.6 Å². The van der Waals surface area contributed by atoms with Crippen molar-refractivity contribution in [2.75, 3.05) is 26.9 Å². The molecule has 4 aromatic rings. The molecule has 0 bridgehead atoms. The minimum Gasteiger partial charge on any atom is -0.485 e. The smallest absolute Gasteiger partial charge is 0.337 e. The van der Waals surface area contributed by atoms with E-state index < -0.39 is 11.9 Å². The molecule has 2 saturated heterocycles. The number of nitrogens with zero attached hydrogens (tertiary/aromatic N) is 3. The van der Waals surface area contributed by atoms with Crippen LogP contribution in [-0.4, -0.2) is 59.4 Å². The third-order valence-corrected chi connectivity index (χ3v) is 9.43. The van der Waals surface area contributed by atoms with Gasteiger partial charge >= 0.3 is 5.97 Å². The largest absolute Gasteiger partial charge is 0.485 e. The van der Waals surface area contributed by atoms with E-state index in [1.54, 1.807) is 18.2 Å². The van der Waals surface area contributed by atoms with Crippen molar-refractivity contribution in [3.05, 3.63) is 88.0 Å². The summed E-state index contributed by atoms with van der Waals surface area (Å²) in [6.07, 6.45) is 2.47. The van der Waals surface area contributed by atoms with Gasteiger partial charge in [0, 0.05) is 28.8 Å². The molecule has 230 valence electrons. The number of benzene rings is 3. The number of fused-ring (bicyclic) bond motifs is 2. The van der Waals surface area contributed by atoms with Crippen LogP contribution in [0.15, 0.2) is 54.6 Å². The fourth-order valence-corrected chi connectivity index (χ4v) is 6.80. The van der Waals surface area contributed by atoms with Gasteiger partial charge in [-0.25, -0.2) is 14.2 Å². The molecule has 0 N–H and O–H groups in total. The van der Waals surface area contributed by atoms with Crippen molar-refractivity contribution >= 4 is 28.6 Å². The number of carbonyl (C=O) groups excluding carboxylic acids is 1. The van der Waals surface area contributed by atoms with Crippen LogP contribution in [0.3, 0.4) is 0 Å². The van der Waals surface area contributed by atoms with Gasteiger partial charge in [0.1, 0.15) is 18.2 Å². The number of ether oxygens (including phenoxy) is 4. The van der Waals surface area contributed by atoms with E-state index in [-0.39, 0.29) is 30.6 Å². The molecule has 0 spiro atoms. The van der Waals surface area contributed by atoms with Gasteiger partial charge in [-0.1, -0.05) is 29.8 Å². The number of para-hydroxylation sites is 1. The quantitative estimate of drug-likeness (QED) is 0.214. The summed E-state index contributed by atoms with van der Waals surface area (Å²) in [4.78, 5) is 19.7. The van der Waals surface area contributed by atoms with Gasteiger partial charge in [-0.2, -0.15) is 0 Å². The van der Waals surface area contributed by atoms with Gasteiger partial charge in [-0.15, -0.1) is 0 Å². The molecule has 0 amide bonds. The molecular formula is C34H35ClFN3O5. The molecule has 3 aliphatic rings. The predicted octanol–water partition coefficient (Wildman–Crippen LogP) is 6.68. The van der Waals surface area contributed by atoms with Gasteiger partial charge in [0.2, 0.25) is 0 Å². The first-order chi connectivity index (χ1) is 21.4. The van der Waals surface area contributed by atoms with Gasteiger partial charge in [-0.05, 0) is 75.0 Å². The van der Waals surface area contributed by atoms with E-state index in [4.69, 9.17) is 35.5 Å². The SMILES string of the molecule is COC(=O)c1ccc2nc(CN3CCC(c4cccc5c4O[C@H](c4ccc(Cl)cc4F)CO5)C[C@@H]3C)n(C[C@@H]3CCO3)c2c1. The zero-order valence-electron chi connectivity index (χ0n) is 24.8. The highest BCUT2D eigenvalue weighted by Gasteiger charge is 2.34. The van der Waals surface area contributed by atoms with Gasteiger partial charge < -0.3 is 23.5 Å². The molecule has 10 heteroatoms. The second-order valence-corrected chi connectivity index (χ2v) is 12.4. The van der Waals surface area contributed by atoms with Crippen molar-refractivity contribution in [1.29, 1.82) is 0 Å². The molecule has 0 saturated carbocycles. The molecule has 0 aliphatic carbocycles. The van der Waals surface area contributed by atoms with Crippen LogP contribution in [0.4, 0.5) is 4.39 Å². The van der Waals surface area contributed by atoms with Crippen LogP contribution in [-0.2, 0) is 22.6 Å². The van der Waals surface area contributed by atoms with Crippen molar-refractivity contribution in [3.8, 4) is 11.5 Å². The second kappa shape index (κ2) is 12.0. The maximum atomic E-state index is 14.7. The summed E-state index contributed by atoms with van der Waals surface area (Å²) in [7, 11) is 1.39. The monoisotopic (exact) mass is 619 g/mol. The summed E-state index contributed by atoms with van der Waals surface area (Å²) in [6.45, 7) is 5.53. The second-order valence-electron chi connectivity index (χ2n) is 11.9. The number of hydrogen-bond donors (Lipinski definition) is 0. The Balaban J connectivity index is 1.10. The normalized spacial score (nSPS) is 23.4. The molecule has 3 aliphatic heterocycles. The van der Waals surface area contributed by atoms with Crippen LogP contribution < -0.4 is 9.47 Å². The Morgan fingerprint density at radius 2 is 2.00 bits per heavy atom. The Morgan fingerprint density at radius 1 is 1.14 bits per heavy atom. The number of esters is 1. The maximum Gasteiger partial charge on any atom is 0.337 e. The first kappa shape index (κ1) is 29.1. The number of methoxy groups -OCH3 is 1. The lowest BCUT2D eigenvalue weighted by Gasteiger charge is -2.39. The number of carbonyl (C=O) groups is 1. The number of hydrogen-bond acceptors (Lipinski definition) is 7. The summed E-state index contributed by atoms with van der Waals surface area (Å²) in [5.41, 5.74) is 3.81. The fourth-order valence-electron chi connectivity index (χ4n) is 6.65. The Hall–Kier alpha value is -3.66. The summed E-state index contributed by atoms with van der Waals surface area (Å²) < 4.78 is 40.2. The maximum absolute atomic E-state index is 14.7. The highest BCUT2D eigenvalue weighted by Crippen LogP contribution is 2.45. The number of imidazole rings is 1. The predicted molar refractivity (Wildman–Crippen MR) is 164 cm³/mol. The van der Waals surface area contributed by atoms with Crippen LogP contribution in [0.2, 0.25) is 5.02 Å². The van der Waals surface area contributed by atoms with Gasteiger partial charge in [-0.3, -0.25) is 4.90 Å². The van der Waals surface area contributed by atoms with Crippen molar-refractivity contribution in [1.82, 2.24) is 14.5 Å². The molecule has 4 heterocycles. The number of halogens is 2. The first-order valence-electron chi connectivity index (χ1n) is 15.2. The van der Waals surface area contributed by atoms with E-state index in [1.165, 1.54) is 13.2 Å². The average Bonchev–Trinajstić information content (AvgIpc) is 3.34. The minimum absolute atomic E-state index is 0.146. The summed E-state index contributed by atoms with van der Waals surface area (Å²) in [6, 6.07) is 16.5. The third kappa shape index (κ3) is 5.53. The van der Waals surface area contributed by atoms with Crippen LogP contribution in [0, 0.1) is 5.82 Å². The van der Waals surface area contributed by atoms with E-state index in [0.717, 1.165) is 54.8 Å². The molecule has 8 nitrogen and oxygen atoms in total. The summed E-state index contributed by atoms with van der Waals surface area (Å²) in [5.74, 6) is 1.86. The van der Waals surface area contributed by atoms with E-state index in [1.807, 2.05) is 24.3 Å². The molecule has 7 rings (SSSR count). The molecule has 1 aromatic heterocycles. The van der Waals surface area contributed by atoms with E-state index in [9.17, 15) is 9.18 Å². The van der Waals surface area contributed by atoms with Crippen LogP contribution in [0.25, 0.3) is 11.0 Å². The Labute approximate surface area is 260 Å². The Bertz CT molecular complexity index is 1710. The molecule has 2 fully saturated rings. The molecule has 44 heavy (non-hydrogen) atoms. The zero-order valence-corrected chi connectivity index (χ0v) is 25.6. The molecule has 1 unspecified atom stereocenters. The lowest BCUT2D eigenvalue weighted by Crippen LogP contribution is -2.40. The average molecular weight is 620 g/mol. The molecule has 4 atom stereocenters. The van der Waals surface area contributed by atoms with Crippen LogP contribution in [0.5, 0.6) is 11.5 Å². The van der Waals surface area contributed by atoms with Crippen LogP contribution in [0.1, 0.15) is 65.5 Å². The van der Waals surface area contributed by atoms with Crippen molar-refractivity contribution in [2.45, 2.75) is 63.4 Å². The summed E-state index contributed by atoms with van der Waals surface area (Å²) in [5, 5.41) is 0.350. The number of rotatable bonds is 7. The van der Waals surface area contributed by atoms with Crippen molar-refractivity contribution in [2.24, 2.45) is 0 Å². The van der Waals surface area contributed by atoms with Gasteiger partial charge in [0.25, 0.3) is 0 Å². The minimum atomic E-state index is -0.550. The van der Waals surface area contributed by atoms with Gasteiger partial charge in [0.15, 0.2) is 17.6 Å². The summed E-state index contributed by atoms with van der Waals surface area (Å²) >= 11 is 5.98. The van der Waals surface area contributed by atoms with E-state index >= 15 is 0 Å². The topological polar surface area (TPSA) is 75.0 Å². The number of likely N-dealkylation sites (tertiary alicyclic amines) is 1. The molecule has 0 radical (unpaired) electrons. The first-order valence-corrected chi connectivity index (χ1v) is 15.6. The van der Waals surface area contributed by atoms with E-state index in [0.29, 0.717) is 40.7 Å².